The molecule has 0 fully saturated rings. The molecule has 0 spiro atoms. The number of para-hydroxylation sites is 1. The number of benzene rings is 3. The molecule has 200 valence electrons. The van der Waals surface area contributed by atoms with Crippen LogP contribution in [0.5, 0.6) is 17.2 Å². The van der Waals surface area contributed by atoms with Crippen molar-refractivity contribution in [2.45, 2.75) is 30.8 Å². The summed E-state index contributed by atoms with van der Waals surface area (Å²) in [6.07, 6.45) is 2.06. The summed E-state index contributed by atoms with van der Waals surface area (Å²) in [5, 5.41) is 3.22. The molecule has 0 saturated carbocycles. The fourth-order valence-corrected chi connectivity index (χ4v) is 5.49. The Morgan fingerprint density at radius 3 is 2.72 bits per heavy atom. The highest BCUT2D eigenvalue weighted by molar-refractivity contribution is 7.90. The quantitative estimate of drug-likeness (QED) is 0.284. The second-order valence-electron chi connectivity index (χ2n) is 8.75. The molecule has 3 aromatic carbocycles. The maximum Gasteiger partial charge on any atom is 0.279 e. The van der Waals surface area contributed by atoms with Crippen molar-refractivity contribution in [3.8, 4) is 17.2 Å². The van der Waals surface area contributed by atoms with Crippen molar-refractivity contribution in [1.82, 2.24) is 9.71 Å². The highest BCUT2D eigenvalue weighted by Crippen LogP contribution is 2.36. The van der Waals surface area contributed by atoms with Crippen molar-refractivity contribution in [3.05, 3.63) is 84.1 Å². The number of sulfonamides is 1. The van der Waals surface area contributed by atoms with Gasteiger partial charge in [-0.1, -0.05) is 37.6 Å². The van der Waals surface area contributed by atoms with E-state index in [0.717, 1.165) is 12.0 Å². The molecule has 2 N–H and O–H groups in total. The van der Waals surface area contributed by atoms with Gasteiger partial charge < -0.3 is 19.5 Å². The number of amides is 2. The van der Waals surface area contributed by atoms with Gasteiger partial charge in [0.1, 0.15) is 10.6 Å². The minimum atomic E-state index is -4.32. The van der Waals surface area contributed by atoms with Gasteiger partial charge in [-0.05, 0) is 54.4 Å². The summed E-state index contributed by atoms with van der Waals surface area (Å²) >= 11 is 0. The van der Waals surface area contributed by atoms with E-state index in [4.69, 9.17) is 14.2 Å². The van der Waals surface area contributed by atoms with Gasteiger partial charge in [0, 0.05) is 22.8 Å². The molecule has 0 bridgehead atoms. The largest absolute Gasteiger partial charge is 0.475 e. The zero-order chi connectivity index (χ0) is 27.4. The van der Waals surface area contributed by atoms with E-state index in [0.29, 0.717) is 46.7 Å². The van der Waals surface area contributed by atoms with Crippen LogP contribution in [-0.2, 0) is 26.0 Å². The normalized spacial score (nSPS) is 13.1. The number of carbonyl (C=O) groups is 2. The first-order valence-corrected chi connectivity index (χ1v) is 13.7. The second kappa shape index (κ2) is 11.0. The Balaban J connectivity index is 1.52. The third kappa shape index (κ3) is 5.48. The molecule has 0 radical (unpaired) electrons. The van der Waals surface area contributed by atoms with Crippen LogP contribution in [0.25, 0.3) is 10.9 Å². The fraction of sp³-hybridized carbons (Fsp3) is 0.179. The highest BCUT2D eigenvalue weighted by Gasteiger charge is 2.31. The topological polar surface area (TPSA) is 133 Å². The summed E-state index contributed by atoms with van der Waals surface area (Å²) in [6.45, 7) is 2.02. The predicted molar refractivity (Wildman–Crippen MR) is 143 cm³/mol. The molecule has 0 saturated heterocycles. The van der Waals surface area contributed by atoms with E-state index in [1.165, 1.54) is 12.3 Å². The minimum Gasteiger partial charge on any atom is -0.475 e. The molecule has 4 aromatic rings. The van der Waals surface area contributed by atoms with Crippen LogP contribution in [0.3, 0.4) is 0 Å². The first-order chi connectivity index (χ1) is 18.9. The van der Waals surface area contributed by atoms with Crippen LogP contribution in [0.1, 0.15) is 30.6 Å². The summed E-state index contributed by atoms with van der Waals surface area (Å²) in [5.74, 6) is 0.382. The molecule has 2 heterocycles. The molecule has 0 aliphatic carbocycles. The predicted octanol–water partition coefficient (Wildman–Crippen LogP) is 4.11. The number of hydrogen-bond acceptors (Lipinski definition) is 8. The standard InChI is InChI=1S/C28H25N3O7S/c1-2-5-19-14-21(30-16-32)10-12-22(19)38-27(20-9-11-23-24(15-20)37-17-36-23)28(33)31-39(34,35)25-8-3-6-18-7-4-13-29-26(18)25/h3-4,6-16,27H,2,5,17H2,1H3,(H,30,32)(H,31,33). The molecule has 1 aliphatic heterocycles. The lowest BCUT2D eigenvalue weighted by Gasteiger charge is -2.22. The number of ether oxygens (including phenoxy) is 3. The van der Waals surface area contributed by atoms with E-state index in [1.54, 1.807) is 60.7 Å². The molecule has 10 nitrogen and oxygen atoms in total. The van der Waals surface area contributed by atoms with Gasteiger partial charge in [-0.2, -0.15) is 0 Å². The lowest BCUT2D eigenvalue weighted by atomic mass is 10.1. The lowest BCUT2D eigenvalue weighted by Crippen LogP contribution is -2.37. The summed E-state index contributed by atoms with van der Waals surface area (Å²) in [7, 11) is -4.32. The van der Waals surface area contributed by atoms with E-state index in [1.807, 2.05) is 6.92 Å². The number of carbonyl (C=O) groups excluding carboxylic acids is 2. The van der Waals surface area contributed by atoms with Crippen LogP contribution in [0.4, 0.5) is 5.69 Å². The van der Waals surface area contributed by atoms with E-state index in [9.17, 15) is 18.0 Å². The maximum atomic E-state index is 13.6. The third-order valence-electron chi connectivity index (χ3n) is 6.11. The molecule has 39 heavy (non-hydrogen) atoms. The number of hydrogen-bond donors (Lipinski definition) is 2. The number of nitrogens with one attached hydrogen (secondary N) is 2. The molecular formula is C28H25N3O7S. The van der Waals surface area contributed by atoms with Gasteiger partial charge in [0.25, 0.3) is 15.9 Å². The van der Waals surface area contributed by atoms with Gasteiger partial charge in [0.15, 0.2) is 11.5 Å². The number of rotatable bonds is 10. The van der Waals surface area contributed by atoms with Crippen molar-refractivity contribution < 1.29 is 32.2 Å². The van der Waals surface area contributed by atoms with Crippen molar-refractivity contribution in [1.29, 1.82) is 0 Å². The van der Waals surface area contributed by atoms with Gasteiger partial charge in [-0.3, -0.25) is 14.6 Å². The molecule has 1 unspecified atom stereocenters. The summed E-state index contributed by atoms with van der Waals surface area (Å²) < 4.78 is 46.0. The van der Waals surface area contributed by atoms with Crippen LogP contribution in [0.2, 0.25) is 0 Å². The lowest BCUT2D eigenvalue weighted by molar-refractivity contribution is -0.126. The first-order valence-electron chi connectivity index (χ1n) is 12.2. The van der Waals surface area contributed by atoms with E-state index in [2.05, 4.69) is 15.0 Å². The number of aryl methyl sites for hydroxylation is 1. The van der Waals surface area contributed by atoms with Crippen LogP contribution >= 0.6 is 0 Å². The SMILES string of the molecule is CCCc1cc(NC=O)ccc1OC(C(=O)NS(=O)(=O)c1cccc2cccnc12)c1ccc2c(c1)OCO2. The van der Waals surface area contributed by atoms with E-state index >= 15 is 0 Å². The van der Waals surface area contributed by atoms with Crippen LogP contribution < -0.4 is 24.2 Å². The monoisotopic (exact) mass is 547 g/mol. The van der Waals surface area contributed by atoms with Crippen molar-refractivity contribution in [3.63, 3.8) is 0 Å². The molecule has 1 atom stereocenters. The number of nitrogens with zero attached hydrogens (tertiary/aromatic N) is 1. The Hall–Kier alpha value is -4.64. The van der Waals surface area contributed by atoms with Gasteiger partial charge >= 0.3 is 0 Å². The Labute approximate surface area is 225 Å². The third-order valence-corrected chi connectivity index (χ3v) is 7.49. The first kappa shape index (κ1) is 26.0. The zero-order valence-electron chi connectivity index (χ0n) is 20.9. The summed E-state index contributed by atoms with van der Waals surface area (Å²) in [5.41, 5.74) is 1.91. The Bertz CT molecular complexity index is 1650. The summed E-state index contributed by atoms with van der Waals surface area (Å²) in [6, 6.07) is 18.0. The molecule has 5 rings (SSSR count). The molecule has 1 aromatic heterocycles. The van der Waals surface area contributed by atoms with Gasteiger partial charge in [-0.25, -0.2) is 13.1 Å². The number of aromatic nitrogens is 1. The number of pyridine rings is 1. The van der Waals surface area contributed by atoms with E-state index in [-0.39, 0.29) is 17.2 Å². The fourth-order valence-electron chi connectivity index (χ4n) is 4.33. The van der Waals surface area contributed by atoms with E-state index < -0.39 is 22.0 Å². The van der Waals surface area contributed by atoms with Gasteiger partial charge in [0.05, 0.1) is 5.52 Å². The number of fused-ring (bicyclic) bond motifs is 2. The Morgan fingerprint density at radius 1 is 1.08 bits per heavy atom. The molecule has 2 amide bonds. The number of anilines is 1. The van der Waals surface area contributed by atoms with Gasteiger partial charge in [0.2, 0.25) is 19.3 Å². The Morgan fingerprint density at radius 2 is 1.90 bits per heavy atom. The summed E-state index contributed by atoms with van der Waals surface area (Å²) in [4.78, 5) is 28.6. The van der Waals surface area contributed by atoms with Crippen molar-refractivity contribution >= 4 is 38.9 Å². The smallest absolute Gasteiger partial charge is 0.279 e. The highest BCUT2D eigenvalue weighted by atomic mass is 32.2. The average Bonchev–Trinajstić information content (AvgIpc) is 3.40. The molecule has 11 heteroatoms. The maximum absolute atomic E-state index is 13.6. The molecule has 1 aliphatic rings. The second-order valence-corrected chi connectivity index (χ2v) is 10.4. The van der Waals surface area contributed by atoms with Gasteiger partial charge in [-0.15, -0.1) is 0 Å². The van der Waals surface area contributed by atoms with Crippen molar-refractivity contribution in [2.24, 2.45) is 0 Å². The van der Waals surface area contributed by atoms with Crippen LogP contribution in [0, 0.1) is 0 Å². The molecular weight excluding hydrogens is 522 g/mol. The van der Waals surface area contributed by atoms with Crippen LogP contribution in [-0.4, -0.2) is 32.5 Å². The Kier molecular flexibility index (Phi) is 7.33. The van der Waals surface area contributed by atoms with Crippen LogP contribution in [0.15, 0.2) is 77.8 Å². The van der Waals surface area contributed by atoms with Crippen molar-refractivity contribution in [2.75, 3.05) is 12.1 Å². The minimum absolute atomic E-state index is 0.0325. The average molecular weight is 548 g/mol. The zero-order valence-corrected chi connectivity index (χ0v) is 21.7.